The fourth-order valence-corrected chi connectivity index (χ4v) is 4.95. The normalized spacial score (nSPS) is 17.1. The predicted octanol–water partition coefficient (Wildman–Crippen LogP) is 5.46. The first-order chi connectivity index (χ1) is 18.7. The zero-order chi connectivity index (χ0) is 29.4. The molecule has 2 radical (unpaired) electrons. The fourth-order valence-electron chi connectivity index (χ4n) is 4.95. The van der Waals surface area contributed by atoms with Gasteiger partial charge in [0.15, 0.2) is 19.5 Å². The number of benzene rings is 1. The highest BCUT2D eigenvalue weighted by molar-refractivity contribution is 6.04. The number of halogens is 4. The van der Waals surface area contributed by atoms with Gasteiger partial charge in [0.1, 0.15) is 11.2 Å². The first kappa shape index (κ1) is 34.8. The van der Waals surface area contributed by atoms with Crippen LogP contribution in [0.3, 0.4) is 0 Å². The van der Waals surface area contributed by atoms with Gasteiger partial charge in [-0.1, -0.05) is 7.43 Å². The van der Waals surface area contributed by atoms with Crippen molar-refractivity contribution in [2.45, 2.75) is 58.6 Å². The van der Waals surface area contributed by atoms with Crippen molar-refractivity contribution < 1.29 is 27.4 Å². The molecule has 1 atom stereocenters. The Kier molecular flexibility index (Phi) is 11.0. The Hall–Kier alpha value is -3.42. The van der Waals surface area contributed by atoms with Crippen molar-refractivity contribution in [3.8, 4) is 16.9 Å². The molecule has 0 amide bonds. The Balaban J connectivity index is 0.00000308. The number of pyridine rings is 1. The highest BCUT2D eigenvalue weighted by atomic mass is 19.3. The van der Waals surface area contributed by atoms with Crippen LogP contribution in [0, 0.1) is 17.6 Å². The number of rotatable bonds is 10. The van der Waals surface area contributed by atoms with Crippen LogP contribution in [0.5, 0.6) is 5.75 Å². The van der Waals surface area contributed by atoms with Gasteiger partial charge in [-0.15, -0.1) is 0 Å². The molecule has 4 rings (SSSR count). The second-order valence-corrected chi connectivity index (χ2v) is 10.5. The summed E-state index contributed by atoms with van der Waals surface area (Å²) in [6.07, 6.45) is 2.53. The molecule has 2 aromatic heterocycles. The van der Waals surface area contributed by atoms with Crippen molar-refractivity contribution in [3.05, 3.63) is 65.3 Å². The third kappa shape index (κ3) is 6.96. The smallest absolute Gasteiger partial charge is 0.248 e. The molecular weight excluding hydrogens is 551 g/mol. The van der Waals surface area contributed by atoms with E-state index in [1.165, 1.54) is 24.8 Å². The van der Waals surface area contributed by atoms with Gasteiger partial charge in [0.2, 0.25) is 11.7 Å². The second kappa shape index (κ2) is 13.3. The van der Waals surface area contributed by atoms with Crippen LogP contribution in [-0.4, -0.2) is 65.2 Å². The molecule has 8 nitrogen and oxygen atoms in total. The topological polar surface area (TPSA) is 123 Å². The monoisotopic (exact) mass is 590 g/mol. The molecule has 13 heteroatoms. The number of aliphatic imine (C=N–C) groups is 1. The van der Waals surface area contributed by atoms with E-state index in [1.807, 2.05) is 0 Å². The van der Waals surface area contributed by atoms with Gasteiger partial charge in [0, 0.05) is 67.5 Å². The molecule has 1 fully saturated rings. The Morgan fingerprint density at radius 3 is 2.55 bits per heavy atom. The minimum atomic E-state index is -2.84. The lowest BCUT2D eigenvalue weighted by atomic mass is 9.69. The predicted molar refractivity (Wildman–Crippen MR) is 158 cm³/mol. The molecular formula is C29H39BF4N6O2. The van der Waals surface area contributed by atoms with E-state index in [4.69, 9.17) is 18.5 Å². The maximum atomic E-state index is 15.1. The van der Waals surface area contributed by atoms with Gasteiger partial charge in [0.25, 0.3) is 0 Å². The van der Waals surface area contributed by atoms with Crippen LogP contribution in [0.25, 0.3) is 16.8 Å². The maximum absolute atomic E-state index is 15.1. The van der Waals surface area contributed by atoms with Crippen LogP contribution in [0.1, 0.15) is 46.2 Å². The summed E-state index contributed by atoms with van der Waals surface area (Å²) in [5.41, 5.74) is 7.79. The Bertz CT molecular complexity index is 1460. The van der Waals surface area contributed by atoms with Gasteiger partial charge in [-0.25, -0.2) is 18.2 Å². The molecule has 1 unspecified atom stereocenters. The average Bonchev–Trinajstić information content (AvgIpc) is 3.27. The van der Waals surface area contributed by atoms with Gasteiger partial charge in [-0.05, 0) is 50.7 Å². The zero-order valence-electron chi connectivity index (χ0n) is 23.6. The molecule has 0 bridgehead atoms. The Morgan fingerprint density at radius 2 is 1.95 bits per heavy atom. The van der Waals surface area contributed by atoms with E-state index < -0.39 is 41.9 Å². The summed E-state index contributed by atoms with van der Waals surface area (Å²) in [5.74, 6) is -6.10. The van der Waals surface area contributed by atoms with Gasteiger partial charge < -0.3 is 30.9 Å². The standard InChI is InChI=1S/C28H32BF4N5O2.CH4.H3N/c1-16(35-3)20(26(34)27(2,39)18-11-28(32,33)12-18)9-10-40-25-21(6-7-22(30)24(25)31)17-5-8-23-36-13-19(15-37(4)29)38(23)14-17;;/h5-8,13-14,18,39H,9-12,15,34H2,1-4H3;1H4;1H3/b26-20-,35-16?;;. The maximum Gasteiger partial charge on any atom is 0.248 e. The molecule has 228 valence electrons. The summed E-state index contributed by atoms with van der Waals surface area (Å²) in [6, 6.07) is 5.91. The lowest BCUT2D eigenvalue weighted by molar-refractivity contribution is -0.160. The number of hydrogen-bond acceptors (Lipinski definition) is 7. The largest absolute Gasteiger partial charge is 0.489 e. The Morgan fingerprint density at radius 1 is 1.29 bits per heavy atom. The first-order valence-corrected chi connectivity index (χ1v) is 12.8. The first-order valence-electron chi connectivity index (χ1n) is 12.8. The third-order valence-corrected chi connectivity index (χ3v) is 7.48. The number of aromatic nitrogens is 2. The van der Waals surface area contributed by atoms with Gasteiger partial charge in [-0.2, -0.15) is 4.39 Å². The third-order valence-electron chi connectivity index (χ3n) is 7.48. The SMILES string of the molecule is C.N.[B]N(C)Cc1cnc2ccc(-c3ccc(F)c(F)c3OCC/C(C(C)=NC)=C(/N)C(C)(O)C3CC(F)(F)C3)cn12. The summed E-state index contributed by atoms with van der Waals surface area (Å²) in [4.78, 5) is 9.98. The molecule has 0 aliphatic heterocycles. The van der Waals surface area contributed by atoms with Crippen molar-refractivity contribution in [1.82, 2.24) is 20.3 Å². The van der Waals surface area contributed by atoms with E-state index >= 15 is 4.39 Å². The van der Waals surface area contributed by atoms with Crippen LogP contribution in [0.15, 0.2) is 52.9 Å². The van der Waals surface area contributed by atoms with Crippen LogP contribution in [0.2, 0.25) is 0 Å². The molecule has 6 N–H and O–H groups in total. The summed E-state index contributed by atoms with van der Waals surface area (Å²) in [5, 5.41) is 11.0. The van der Waals surface area contributed by atoms with Crippen molar-refractivity contribution >= 4 is 19.3 Å². The second-order valence-electron chi connectivity index (χ2n) is 10.5. The van der Waals surface area contributed by atoms with Crippen LogP contribution >= 0.6 is 0 Å². The number of ether oxygens (including phenoxy) is 1. The number of nitrogens with two attached hydrogens (primary N) is 1. The fraction of sp³-hybridized carbons (Fsp3) is 0.448. The van der Waals surface area contributed by atoms with Gasteiger partial charge in [-0.3, -0.25) is 4.99 Å². The molecule has 42 heavy (non-hydrogen) atoms. The molecule has 1 aliphatic carbocycles. The van der Waals surface area contributed by atoms with Gasteiger partial charge >= 0.3 is 0 Å². The Labute approximate surface area is 245 Å². The summed E-state index contributed by atoms with van der Waals surface area (Å²) in [7, 11) is 9.04. The lowest BCUT2D eigenvalue weighted by Crippen LogP contribution is -2.51. The quantitative estimate of drug-likeness (QED) is 0.164. The van der Waals surface area contributed by atoms with E-state index in [0.717, 1.165) is 11.8 Å². The molecule has 1 aromatic carbocycles. The molecule has 1 aliphatic rings. The zero-order valence-corrected chi connectivity index (χ0v) is 23.6. The van der Waals surface area contributed by atoms with Crippen molar-refractivity contribution in [3.63, 3.8) is 0 Å². The molecule has 0 spiro atoms. The lowest BCUT2D eigenvalue weighted by Gasteiger charge is -2.44. The number of imidazole rings is 1. The summed E-state index contributed by atoms with van der Waals surface area (Å²) >= 11 is 0. The van der Waals surface area contributed by atoms with E-state index in [2.05, 4.69) is 9.98 Å². The van der Waals surface area contributed by atoms with Crippen LogP contribution in [-0.2, 0) is 6.54 Å². The number of hydrogen-bond donors (Lipinski definition) is 3. The van der Waals surface area contributed by atoms with E-state index in [-0.39, 0.29) is 38.1 Å². The average molecular weight is 590 g/mol. The summed E-state index contributed by atoms with van der Waals surface area (Å²) < 4.78 is 64.0. The highest BCUT2D eigenvalue weighted by Gasteiger charge is 2.54. The summed E-state index contributed by atoms with van der Waals surface area (Å²) in [6.45, 7) is 3.32. The van der Waals surface area contributed by atoms with Crippen molar-refractivity contribution in [2.24, 2.45) is 16.6 Å². The minimum absolute atomic E-state index is 0. The van der Waals surface area contributed by atoms with Crippen molar-refractivity contribution in [2.75, 3.05) is 20.7 Å². The number of aliphatic hydroxyl groups is 1. The van der Waals surface area contributed by atoms with Crippen molar-refractivity contribution in [1.29, 1.82) is 0 Å². The van der Waals surface area contributed by atoms with E-state index in [0.29, 0.717) is 34.6 Å². The van der Waals surface area contributed by atoms with Crippen LogP contribution in [0.4, 0.5) is 17.6 Å². The highest BCUT2D eigenvalue weighted by Crippen LogP contribution is 2.49. The minimum Gasteiger partial charge on any atom is -0.489 e. The van der Waals surface area contributed by atoms with Crippen LogP contribution < -0.4 is 16.6 Å². The molecule has 0 saturated heterocycles. The molecule has 3 aromatic rings. The molecule has 2 heterocycles. The number of nitrogens with zero attached hydrogens (tertiary/aromatic N) is 4. The van der Waals surface area contributed by atoms with E-state index in [9.17, 15) is 18.3 Å². The number of alkyl halides is 2. The van der Waals surface area contributed by atoms with Gasteiger partial charge in [0.05, 0.1) is 18.5 Å². The van der Waals surface area contributed by atoms with E-state index in [1.54, 1.807) is 42.9 Å². The number of fused-ring (bicyclic) bond motifs is 1. The molecule has 1 saturated carbocycles.